The zero-order chi connectivity index (χ0) is 22.1. The van der Waals surface area contributed by atoms with Crippen LogP contribution in [-0.4, -0.2) is 41.5 Å². The van der Waals surface area contributed by atoms with Gasteiger partial charge in [-0.15, -0.1) is 0 Å². The Hall–Kier alpha value is -3.56. The maximum Gasteiger partial charge on any atom is 0.412 e. The number of alkyl halides is 3. The van der Waals surface area contributed by atoms with Crippen LogP contribution in [0, 0.1) is 0 Å². The fraction of sp³-hybridized carbons (Fsp3) is 0.250. The molecular formula is C20H18F3NO6. The van der Waals surface area contributed by atoms with Gasteiger partial charge in [0.15, 0.2) is 6.04 Å². The molecule has 2 rings (SSSR count). The van der Waals surface area contributed by atoms with Crippen LogP contribution >= 0.6 is 0 Å². The molecular weight excluding hydrogens is 407 g/mol. The average molecular weight is 425 g/mol. The lowest BCUT2D eigenvalue weighted by molar-refractivity contribution is -0.179. The van der Waals surface area contributed by atoms with E-state index in [2.05, 4.69) is 0 Å². The molecule has 0 aliphatic heterocycles. The molecule has 0 heterocycles. The van der Waals surface area contributed by atoms with Crippen LogP contribution < -0.4 is 5.32 Å². The van der Waals surface area contributed by atoms with E-state index in [1.807, 2.05) is 0 Å². The maximum atomic E-state index is 13.5. The van der Waals surface area contributed by atoms with E-state index in [0.29, 0.717) is 5.56 Å². The number of hydrogen-bond donors (Lipinski definition) is 2. The number of carbonyl (C=O) groups is 3. The third-order valence-electron chi connectivity index (χ3n) is 3.85. The third-order valence-corrected chi connectivity index (χ3v) is 3.85. The molecule has 0 saturated carbocycles. The van der Waals surface area contributed by atoms with Crippen molar-refractivity contribution in [2.75, 3.05) is 0 Å². The number of halogens is 3. The Labute approximate surface area is 169 Å². The van der Waals surface area contributed by atoms with E-state index in [1.165, 1.54) is 24.3 Å². The first-order valence-electron chi connectivity index (χ1n) is 8.68. The molecule has 2 N–H and O–H groups in total. The molecule has 0 spiro atoms. The Morgan fingerprint density at radius 2 is 1.53 bits per heavy atom. The lowest BCUT2D eigenvalue weighted by atomic mass is 10.1. The third kappa shape index (κ3) is 7.12. The fourth-order valence-corrected chi connectivity index (χ4v) is 2.46. The van der Waals surface area contributed by atoms with E-state index >= 15 is 0 Å². The average Bonchev–Trinajstić information content (AvgIpc) is 2.70. The van der Waals surface area contributed by atoms with Gasteiger partial charge in [0.05, 0.1) is 12.0 Å². The van der Waals surface area contributed by atoms with Crippen LogP contribution in [0.5, 0.6) is 0 Å². The number of carboxylic acid groups (broad SMARTS) is 1. The van der Waals surface area contributed by atoms with E-state index in [4.69, 9.17) is 14.6 Å². The lowest BCUT2D eigenvalue weighted by Crippen LogP contribution is -2.54. The number of alkyl carbamates (subject to hydrolysis) is 1. The van der Waals surface area contributed by atoms with Crippen molar-refractivity contribution in [1.82, 2.24) is 5.32 Å². The van der Waals surface area contributed by atoms with Gasteiger partial charge >= 0.3 is 24.2 Å². The van der Waals surface area contributed by atoms with Crippen molar-refractivity contribution in [2.45, 2.75) is 31.3 Å². The highest BCUT2D eigenvalue weighted by atomic mass is 19.4. The van der Waals surface area contributed by atoms with Gasteiger partial charge in [-0.25, -0.2) is 9.59 Å². The van der Waals surface area contributed by atoms with Crippen LogP contribution in [0.25, 0.3) is 0 Å². The molecule has 2 aromatic rings. The topological polar surface area (TPSA) is 102 Å². The SMILES string of the molecule is O=C(O)C[C@H](OC(=O)c1ccccc1)[C@@H](NC(=O)OCc1ccccc1)C(F)(F)F. The summed E-state index contributed by atoms with van der Waals surface area (Å²) in [4.78, 5) is 35.1. The second-order valence-corrected chi connectivity index (χ2v) is 6.13. The molecule has 0 radical (unpaired) electrons. The normalized spacial score (nSPS) is 13.0. The zero-order valence-corrected chi connectivity index (χ0v) is 15.5. The molecule has 160 valence electrons. The summed E-state index contributed by atoms with van der Waals surface area (Å²) < 4.78 is 50.2. The number of nitrogens with one attached hydrogen (secondary N) is 1. The smallest absolute Gasteiger partial charge is 0.412 e. The summed E-state index contributed by atoms with van der Waals surface area (Å²) >= 11 is 0. The number of aliphatic carboxylic acids is 1. The molecule has 2 atom stereocenters. The first-order valence-corrected chi connectivity index (χ1v) is 8.68. The van der Waals surface area contributed by atoms with Gasteiger partial charge in [0.25, 0.3) is 0 Å². The summed E-state index contributed by atoms with van der Waals surface area (Å²) in [5.41, 5.74) is 0.467. The first kappa shape index (κ1) is 22.7. The summed E-state index contributed by atoms with van der Waals surface area (Å²) in [6, 6.07) is 12.5. The monoisotopic (exact) mass is 425 g/mol. The Morgan fingerprint density at radius 1 is 0.967 bits per heavy atom. The van der Waals surface area contributed by atoms with Gasteiger partial charge in [0.2, 0.25) is 0 Å². The van der Waals surface area contributed by atoms with Crippen molar-refractivity contribution in [3.05, 3.63) is 71.8 Å². The quantitative estimate of drug-likeness (QED) is 0.628. The van der Waals surface area contributed by atoms with Crippen LogP contribution in [0.1, 0.15) is 22.3 Å². The Kier molecular flexibility index (Phi) is 7.79. The van der Waals surface area contributed by atoms with E-state index in [-0.39, 0.29) is 12.2 Å². The molecule has 1 amide bonds. The second-order valence-electron chi connectivity index (χ2n) is 6.13. The number of carboxylic acids is 1. The van der Waals surface area contributed by atoms with Crippen LogP contribution in [0.3, 0.4) is 0 Å². The summed E-state index contributed by atoms with van der Waals surface area (Å²) in [6.07, 6.45) is -9.93. The van der Waals surface area contributed by atoms with Crippen molar-refractivity contribution in [3.8, 4) is 0 Å². The van der Waals surface area contributed by atoms with Gasteiger partial charge in [-0.2, -0.15) is 13.2 Å². The predicted molar refractivity (Wildman–Crippen MR) is 97.5 cm³/mol. The number of esters is 1. The summed E-state index contributed by atoms with van der Waals surface area (Å²) in [6.45, 7) is -0.301. The molecule has 7 nitrogen and oxygen atoms in total. The summed E-state index contributed by atoms with van der Waals surface area (Å²) in [7, 11) is 0. The molecule has 0 aromatic heterocycles. The van der Waals surface area contributed by atoms with Gasteiger partial charge in [-0.1, -0.05) is 48.5 Å². The van der Waals surface area contributed by atoms with Crippen molar-refractivity contribution in [3.63, 3.8) is 0 Å². The maximum absolute atomic E-state index is 13.5. The molecule has 0 aliphatic carbocycles. The second kappa shape index (κ2) is 10.3. The highest BCUT2D eigenvalue weighted by Gasteiger charge is 2.48. The van der Waals surface area contributed by atoms with Gasteiger partial charge in [0, 0.05) is 0 Å². The van der Waals surface area contributed by atoms with Crippen LogP contribution in [0.15, 0.2) is 60.7 Å². The van der Waals surface area contributed by atoms with E-state index in [0.717, 1.165) is 0 Å². The molecule has 2 aromatic carbocycles. The van der Waals surface area contributed by atoms with Gasteiger partial charge in [0.1, 0.15) is 12.7 Å². The van der Waals surface area contributed by atoms with Crippen LogP contribution in [-0.2, 0) is 20.9 Å². The van der Waals surface area contributed by atoms with Crippen molar-refractivity contribution in [2.24, 2.45) is 0 Å². The van der Waals surface area contributed by atoms with Gasteiger partial charge < -0.3 is 19.9 Å². The number of carbonyl (C=O) groups excluding carboxylic acids is 2. The minimum Gasteiger partial charge on any atom is -0.481 e. The van der Waals surface area contributed by atoms with E-state index in [9.17, 15) is 27.6 Å². The lowest BCUT2D eigenvalue weighted by Gasteiger charge is -2.28. The highest BCUT2D eigenvalue weighted by Crippen LogP contribution is 2.26. The largest absolute Gasteiger partial charge is 0.481 e. The number of hydrogen-bond acceptors (Lipinski definition) is 5. The molecule has 0 fully saturated rings. The first-order chi connectivity index (χ1) is 14.2. The minimum absolute atomic E-state index is 0.0690. The highest BCUT2D eigenvalue weighted by molar-refractivity contribution is 5.89. The van der Waals surface area contributed by atoms with Gasteiger partial charge in [-0.05, 0) is 17.7 Å². The Morgan fingerprint density at radius 3 is 2.07 bits per heavy atom. The van der Waals surface area contributed by atoms with Gasteiger partial charge in [-0.3, -0.25) is 4.79 Å². The minimum atomic E-state index is -5.11. The van der Waals surface area contributed by atoms with Crippen molar-refractivity contribution in [1.29, 1.82) is 0 Å². The number of benzene rings is 2. The molecule has 30 heavy (non-hydrogen) atoms. The molecule has 0 bridgehead atoms. The summed E-state index contributed by atoms with van der Waals surface area (Å²) in [5, 5.41) is 10.5. The van der Waals surface area contributed by atoms with E-state index < -0.39 is 42.8 Å². The van der Waals surface area contributed by atoms with Crippen molar-refractivity contribution < 1.29 is 42.1 Å². The number of amides is 1. The molecule has 0 aliphatic rings. The fourth-order valence-electron chi connectivity index (χ4n) is 2.46. The standard InChI is InChI=1S/C20H18F3NO6/c21-20(22,23)17(24-19(28)29-12-13-7-3-1-4-8-13)15(11-16(25)26)30-18(27)14-9-5-2-6-10-14/h1-10,15,17H,11-12H2,(H,24,28)(H,25,26)/t15-,17+/m0/s1. The molecule has 0 saturated heterocycles. The molecule has 0 unspecified atom stereocenters. The predicted octanol–water partition coefficient (Wildman–Crippen LogP) is 3.54. The number of rotatable bonds is 8. The summed E-state index contributed by atoms with van der Waals surface area (Å²) in [5.74, 6) is -2.80. The zero-order valence-electron chi connectivity index (χ0n) is 15.5. The molecule has 10 heteroatoms. The van der Waals surface area contributed by atoms with Crippen LogP contribution in [0.2, 0.25) is 0 Å². The Bertz CT molecular complexity index is 858. The van der Waals surface area contributed by atoms with Crippen molar-refractivity contribution >= 4 is 18.0 Å². The number of ether oxygens (including phenoxy) is 2. The Balaban J connectivity index is 2.13. The van der Waals surface area contributed by atoms with E-state index in [1.54, 1.807) is 41.7 Å². The van der Waals surface area contributed by atoms with Crippen LogP contribution in [0.4, 0.5) is 18.0 Å².